The Morgan fingerprint density at radius 3 is 2.57 bits per heavy atom. The molecule has 0 bridgehead atoms. The van der Waals surface area contributed by atoms with E-state index >= 15 is 0 Å². The Labute approximate surface area is 169 Å². The quantitative estimate of drug-likeness (QED) is 0.332. The molecule has 0 aliphatic carbocycles. The molecule has 0 saturated heterocycles. The van der Waals surface area contributed by atoms with Gasteiger partial charge in [-0.05, 0) is 42.3 Å². The molecule has 0 saturated carbocycles. The van der Waals surface area contributed by atoms with E-state index in [4.69, 9.17) is 0 Å². The maximum absolute atomic E-state index is 12.1. The van der Waals surface area contributed by atoms with Gasteiger partial charge in [0.1, 0.15) is 0 Å². The molecule has 0 spiro atoms. The zero-order chi connectivity index (χ0) is 19.8. The van der Waals surface area contributed by atoms with Crippen molar-refractivity contribution in [3.8, 4) is 11.4 Å². The fraction of sp³-hybridized carbons (Fsp3) is 0.227. The van der Waals surface area contributed by atoms with Crippen LogP contribution in [0.25, 0.3) is 17.5 Å². The molecule has 0 aliphatic rings. The number of thioether (sulfide) groups is 1. The van der Waals surface area contributed by atoms with E-state index in [1.165, 1.54) is 18.9 Å². The third kappa shape index (κ3) is 5.33. The molecule has 28 heavy (non-hydrogen) atoms. The second-order valence-corrected chi connectivity index (χ2v) is 7.44. The maximum Gasteiger partial charge on any atom is 0.248 e. The number of benzene rings is 2. The minimum atomic E-state index is -0.162. The molecule has 6 heteroatoms. The first kappa shape index (κ1) is 19.9. The highest BCUT2D eigenvalue weighted by Crippen LogP contribution is 2.24. The van der Waals surface area contributed by atoms with E-state index in [2.05, 4.69) is 22.4 Å². The fourth-order valence-electron chi connectivity index (χ4n) is 2.62. The Bertz CT molecular complexity index is 933. The molecule has 0 atom stereocenters. The van der Waals surface area contributed by atoms with Gasteiger partial charge in [0.25, 0.3) is 0 Å². The molecule has 1 amide bonds. The molecule has 1 heterocycles. The van der Waals surface area contributed by atoms with Crippen molar-refractivity contribution in [1.29, 1.82) is 0 Å². The van der Waals surface area contributed by atoms with Crippen LogP contribution in [0.4, 0.5) is 5.69 Å². The molecule has 3 rings (SSSR count). The summed E-state index contributed by atoms with van der Waals surface area (Å²) >= 11 is 1.73. The molecule has 1 aromatic heterocycles. The van der Waals surface area contributed by atoms with Gasteiger partial charge in [-0.25, -0.2) is 0 Å². The van der Waals surface area contributed by atoms with Gasteiger partial charge in [0.05, 0.1) is 0 Å². The van der Waals surface area contributed by atoms with Crippen LogP contribution in [0.5, 0.6) is 0 Å². The first-order valence-corrected chi connectivity index (χ1v) is 10.3. The summed E-state index contributed by atoms with van der Waals surface area (Å²) in [6.45, 7) is 2.18. The summed E-state index contributed by atoms with van der Waals surface area (Å²) in [6, 6.07) is 17.4. The van der Waals surface area contributed by atoms with E-state index in [0.29, 0.717) is 0 Å². The Balaban J connectivity index is 1.62. The zero-order valence-corrected chi connectivity index (χ0v) is 16.9. The van der Waals surface area contributed by atoms with E-state index in [1.807, 2.05) is 66.2 Å². The summed E-state index contributed by atoms with van der Waals surface area (Å²) in [6.07, 6.45) is 5.66. The van der Waals surface area contributed by atoms with Gasteiger partial charge >= 0.3 is 0 Å². The summed E-state index contributed by atoms with van der Waals surface area (Å²) < 4.78 is 2.01. The molecule has 144 valence electrons. The molecular weight excluding hydrogens is 368 g/mol. The Kier molecular flexibility index (Phi) is 7.03. The lowest BCUT2D eigenvalue weighted by atomic mass is 10.2. The molecule has 0 radical (unpaired) electrons. The third-order valence-electron chi connectivity index (χ3n) is 4.20. The second-order valence-electron chi connectivity index (χ2n) is 6.38. The SMILES string of the molecule is CCCCSc1nnc(-c2ccc(NC(=O)C=Cc3ccccc3)cc2)n1C. The average Bonchev–Trinajstić information content (AvgIpc) is 3.08. The smallest absolute Gasteiger partial charge is 0.248 e. The third-order valence-corrected chi connectivity index (χ3v) is 5.31. The summed E-state index contributed by atoms with van der Waals surface area (Å²) in [5, 5.41) is 12.4. The van der Waals surface area contributed by atoms with Gasteiger partial charge in [0.15, 0.2) is 11.0 Å². The Morgan fingerprint density at radius 2 is 1.86 bits per heavy atom. The lowest BCUT2D eigenvalue weighted by Gasteiger charge is -2.06. The second kappa shape index (κ2) is 9.90. The molecule has 3 aromatic rings. The number of hydrogen-bond donors (Lipinski definition) is 1. The predicted octanol–water partition coefficient (Wildman–Crippen LogP) is 5.03. The van der Waals surface area contributed by atoms with Gasteiger partial charge in [0, 0.05) is 30.1 Å². The van der Waals surface area contributed by atoms with Crippen LogP contribution < -0.4 is 5.32 Å². The molecule has 0 unspecified atom stereocenters. The first-order chi connectivity index (χ1) is 13.7. The van der Waals surface area contributed by atoms with Crippen LogP contribution >= 0.6 is 11.8 Å². The summed E-state index contributed by atoms with van der Waals surface area (Å²) in [7, 11) is 1.98. The van der Waals surface area contributed by atoms with Crippen molar-refractivity contribution in [2.24, 2.45) is 7.05 Å². The highest BCUT2D eigenvalue weighted by atomic mass is 32.2. The van der Waals surface area contributed by atoms with E-state index < -0.39 is 0 Å². The summed E-state index contributed by atoms with van der Waals surface area (Å²) in [4.78, 5) is 12.1. The normalized spacial score (nSPS) is 11.1. The monoisotopic (exact) mass is 392 g/mol. The molecule has 0 aliphatic heterocycles. The topological polar surface area (TPSA) is 59.8 Å². The van der Waals surface area contributed by atoms with E-state index in [1.54, 1.807) is 17.8 Å². The van der Waals surface area contributed by atoms with Crippen molar-refractivity contribution in [1.82, 2.24) is 14.8 Å². The first-order valence-electron chi connectivity index (χ1n) is 9.34. The van der Waals surface area contributed by atoms with Crippen LogP contribution in [0.15, 0.2) is 65.8 Å². The van der Waals surface area contributed by atoms with E-state index in [0.717, 1.165) is 33.5 Å². The van der Waals surface area contributed by atoms with E-state index in [9.17, 15) is 4.79 Å². The van der Waals surface area contributed by atoms with Crippen molar-refractivity contribution < 1.29 is 4.79 Å². The highest BCUT2D eigenvalue weighted by molar-refractivity contribution is 7.99. The van der Waals surface area contributed by atoms with Gasteiger partial charge in [0.2, 0.25) is 5.91 Å². The van der Waals surface area contributed by atoms with Crippen molar-refractivity contribution >= 4 is 29.4 Å². The number of hydrogen-bond acceptors (Lipinski definition) is 4. The van der Waals surface area contributed by atoms with Crippen molar-refractivity contribution in [3.63, 3.8) is 0 Å². The highest BCUT2D eigenvalue weighted by Gasteiger charge is 2.11. The number of amides is 1. The molecule has 1 N–H and O–H groups in total. The number of aromatic nitrogens is 3. The van der Waals surface area contributed by atoms with Crippen LogP contribution in [0, 0.1) is 0 Å². The molecular formula is C22H24N4OS. The average molecular weight is 393 g/mol. The number of carbonyl (C=O) groups is 1. The Morgan fingerprint density at radius 1 is 1.11 bits per heavy atom. The van der Waals surface area contributed by atoms with Crippen LogP contribution in [-0.4, -0.2) is 26.4 Å². The number of nitrogens with one attached hydrogen (secondary N) is 1. The van der Waals surface area contributed by atoms with Crippen LogP contribution in [-0.2, 0) is 11.8 Å². The maximum atomic E-state index is 12.1. The lowest BCUT2D eigenvalue weighted by Crippen LogP contribution is -2.07. The standard InChI is InChI=1S/C22H24N4OS/c1-3-4-16-28-22-25-24-21(26(22)2)18-11-13-19(14-12-18)23-20(27)15-10-17-8-6-5-7-9-17/h5-15H,3-4,16H2,1-2H3,(H,23,27). The lowest BCUT2D eigenvalue weighted by molar-refractivity contribution is -0.111. The number of carbonyl (C=O) groups excluding carboxylic acids is 1. The fourth-order valence-corrected chi connectivity index (χ4v) is 3.62. The number of anilines is 1. The van der Waals surface area contributed by atoms with Crippen LogP contribution in [0.3, 0.4) is 0 Å². The number of nitrogens with zero attached hydrogens (tertiary/aromatic N) is 3. The van der Waals surface area contributed by atoms with Gasteiger partial charge in [-0.1, -0.05) is 55.4 Å². The molecule has 0 fully saturated rings. The van der Waals surface area contributed by atoms with Crippen molar-refractivity contribution in [2.45, 2.75) is 24.9 Å². The number of unbranched alkanes of at least 4 members (excludes halogenated alkanes) is 1. The predicted molar refractivity (Wildman–Crippen MR) is 116 cm³/mol. The summed E-state index contributed by atoms with van der Waals surface area (Å²) in [5.74, 6) is 1.70. The van der Waals surface area contributed by atoms with E-state index in [-0.39, 0.29) is 5.91 Å². The van der Waals surface area contributed by atoms with Crippen molar-refractivity contribution in [3.05, 3.63) is 66.2 Å². The largest absolute Gasteiger partial charge is 0.323 e. The molecule has 2 aromatic carbocycles. The van der Waals surface area contributed by atoms with Gasteiger partial charge in [-0.2, -0.15) is 0 Å². The van der Waals surface area contributed by atoms with Gasteiger partial charge in [-0.3, -0.25) is 4.79 Å². The minimum absolute atomic E-state index is 0.162. The minimum Gasteiger partial charge on any atom is -0.323 e. The van der Waals surface area contributed by atoms with Crippen LogP contribution in [0.1, 0.15) is 25.3 Å². The number of rotatable bonds is 8. The molecule has 5 nitrogen and oxygen atoms in total. The van der Waals surface area contributed by atoms with Gasteiger partial charge < -0.3 is 9.88 Å². The zero-order valence-electron chi connectivity index (χ0n) is 16.1. The van der Waals surface area contributed by atoms with Gasteiger partial charge in [-0.15, -0.1) is 10.2 Å². The van der Waals surface area contributed by atoms with Crippen molar-refractivity contribution in [2.75, 3.05) is 11.1 Å². The summed E-state index contributed by atoms with van der Waals surface area (Å²) in [5.41, 5.74) is 2.70. The van der Waals surface area contributed by atoms with Crippen LogP contribution in [0.2, 0.25) is 0 Å². The Hall–Kier alpha value is -2.86.